The summed E-state index contributed by atoms with van der Waals surface area (Å²) < 4.78 is 5.54. The summed E-state index contributed by atoms with van der Waals surface area (Å²) in [5.41, 5.74) is 6.67. The van der Waals surface area contributed by atoms with E-state index in [1.165, 1.54) is 5.56 Å². The van der Waals surface area contributed by atoms with E-state index in [0.717, 1.165) is 38.2 Å². The predicted molar refractivity (Wildman–Crippen MR) is 87.7 cm³/mol. The maximum atomic E-state index is 12.1. The average Bonchev–Trinajstić information content (AvgIpc) is 2.53. The van der Waals surface area contributed by atoms with Crippen LogP contribution in [0.5, 0.6) is 5.75 Å². The van der Waals surface area contributed by atoms with E-state index in [-0.39, 0.29) is 11.8 Å². The zero-order valence-corrected chi connectivity index (χ0v) is 13.4. The third-order valence-corrected chi connectivity index (χ3v) is 3.94. The number of ether oxygens (including phenoxy) is 1. The zero-order chi connectivity index (χ0) is 15.8. The smallest absolute Gasteiger partial charge is 0.224 e. The van der Waals surface area contributed by atoms with E-state index in [2.05, 4.69) is 22.3 Å². The van der Waals surface area contributed by atoms with Crippen molar-refractivity contribution in [1.82, 2.24) is 10.2 Å². The van der Waals surface area contributed by atoms with Crippen LogP contribution in [0.25, 0.3) is 0 Å². The molecule has 1 aromatic carbocycles. The summed E-state index contributed by atoms with van der Waals surface area (Å²) in [7, 11) is 0. The van der Waals surface area contributed by atoms with E-state index < -0.39 is 0 Å². The Morgan fingerprint density at radius 1 is 1.50 bits per heavy atom. The quantitative estimate of drug-likeness (QED) is 0.798. The van der Waals surface area contributed by atoms with Gasteiger partial charge in [-0.05, 0) is 44.0 Å². The molecule has 1 saturated heterocycles. The first kappa shape index (κ1) is 16.8. The Bertz CT molecular complexity index is 479. The zero-order valence-electron chi connectivity index (χ0n) is 13.4. The highest BCUT2D eigenvalue weighted by Gasteiger charge is 2.25. The number of nitrogens with one attached hydrogen (secondary N) is 1. The average molecular weight is 305 g/mol. The number of nitrogens with zero attached hydrogens (tertiary/aromatic N) is 1. The summed E-state index contributed by atoms with van der Waals surface area (Å²) >= 11 is 0. The van der Waals surface area contributed by atoms with E-state index in [1.54, 1.807) is 0 Å². The van der Waals surface area contributed by atoms with Gasteiger partial charge in [0.1, 0.15) is 5.75 Å². The molecular formula is C17H27N3O2. The minimum absolute atomic E-state index is 0.0791. The predicted octanol–water partition coefficient (Wildman–Crippen LogP) is 1.37. The second kappa shape index (κ2) is 8.76. The van der Waals surface area contributed by atoms with E-state index in [0.29, 0.717) is 19.7 Å². The summed E-state index contributed by atoms with van der Waals surface area (Å²) in [4.78, 5) is 14.4. The van der Waals surface area contributed by atoms with Gasteiger partial charge in [0.15, 0.2) is 0 Å². The second-order valence-electron chi connectivity index (χ2n) is 5.73. The molecule has 1 fully saturated rings. The minimum Gasteiger partial charge on any atom is -0.494 e. The van der Waals surface area contributed by atoms with Gasteiger partial charge in [-0.25, -0.2) is 0 Å². The van der Waals surface area contributed by atoms with Crippen LogP contribution in [0.15, 0.2) is 24.3 Å². The maximum absolute atomic E-state index is 12.1. The van der Waals surface area contributed by atoms with Crippen molar-refractivity contribution in [1.29, 1.82) is 0 Å². The molecule has 0 spiro atoms. The summed E-state index contributed by atoms with van der Waals surface area (Å²) in [6.45, 7) is 6.44. The van der Waals surface area contributed by atoms with Gasteiger partial charge < -0.3 is 15.8 Å². The molecular weight excluding hydrogens is 278 g/mol. The Morgan fingerprint density at radius 3 is 3.14 bits per heavy atom. The molecule has 1 atom stereocenters. The Balaban J connectivity index is 1.89. The molecule has 1 aromatic rings. The van der Waals surface area contributed by atoms with Crippen molar-refractivity contribution in [2.45, 2.75) is 26.3 Å². The minimum atomic E-state index is 0.0791. The van der Waals surface area contributed by atoms with Crippen LogP contribution < -0.4 is 15.8 Å². The van der Waals surface area contributed by atoms with Crippen molar-refractivity contribution in [2.75, 3.05) is 32.8 Å². The molecule has 122 valence electrons. The van der Waals surface area contributed by atoms with Crippen molar-refractivity contribution >= 4 is 5.91 Å². The first-order chi connectivity index (χ1) is 10.7. The van der Waals surface area contributed by atoms with Crippen LogP contribution in [0, 0.1) is 5.92 Å². The highest BCUT2D eigenvalue weighted by atomic mass is 16.5. The molecule has 5 nitrogen and oxygen atoms in total. The third kappa shape index (κ3) is 5.00. The fourth-order valence-electron chi connectivity index (χ4n) is 2.91. The van der Waals surface area contributed by atoms with E-state index in [9.17, 15) is 4.79 Å². The lowest BCUT2D eigenvalue weighted by atomic mass is 9.96. The number of amides is 1. The first-order valence-electron chi connectivity index (χ1n) is 8.14. The Hall–Kier alpha value is -1.59. The van der Waals surface area contributed by atoms with Crippen molar-refractivity contribution in [3.63, 3.8) is 0 Å². The number of carbonyl (C=O) groups excluding carboxylic acids is 1. The Morgan fingerprint density at radius 2 is 2.36 bits per heavy atom. The van der Waals surface area contributed by atoms with Crippen LogP contribution in [0.4, 0.5) is 0 Å². The molecule has 1 aliphatic rings. The van der Waals surface area contributed by atoms with Crippen molar-refractivity contribution in [2.24, 2.45) is 11.7 Å². The molecule has 5 heteroatoms. The lowest BCUT2D eigenvalue weighted by molar-refractivity contribution is -0.126. The van der Waals surface area contributed by atoms with Crippen LogP contribution in [-0.2, 0) is 11.3 Å². The number of hydrogen-bond donors (Lipinski definition) is 2. The van der Waals surface area contributed by atoms with Crippen LogP contribution in [-0.4, -0.2) is 43.6 Å². The SMILES string of the molecule is CCOc1cccc(CN2CCCC(C(=O)NCCN)C2)c1. The van der Waals surface area contributed by atoms with Gasteiger partial charge in [0, 0.05) is 26.2 Å². The van der Waals surface area contributed by atoms with Gasteiger partial charge in [-0.2, -0.15) is 0 Å². The molecule has 0 aromatic heterocycles. The topological polar surface area (TPSA) is 67.6 Å². The van der Waals surface area contributed by atoms with Crippen LogP contribution in [0.3, 0.4) is 0 Å². The standard InChI is InChI=1S/C17H27N3O2/c1-2-22-16-7-3-5-14(11-16)12-20-10-4-6-15(13-20)17(21)19-9-8-18/h3,5,7,11,15H,2,4,6,8-10,12-13,18H2,1H3,(H,19,21). The van der Waals surface area contributed by atoms with Crippen LogP contribution in [0.1, 0.15) is 25.3 Å². The summed E-state index contributed by atoms with van der Waals surface area (Å²) in [5, 5.41) is 2.90. The fraction of sp³-hybridized carbons (Fsp3) is 0.588. The maximum Gasteiger partial charge on any atom is 0.224 e. The van der Waals surface area contributed by atoms with Crippen molar-refractivity contribution in [3.8, 4) is 5.75 Å². The van der Waals surface area contributed by atoms with Gasteiger partial charge in [0.05, 0.1) is 12.5 Å². The van der Waals surface area contributed by atoms with Gasteiger partial charge in [-0.3, -0.25) is 9.69 Å². The van der Waals surface area contributed by atoms with Gasteiger partial charge in [-0.15, -0.1) is 0 Å². The molecule has 1 unspecified atom stereocenters. The number of hydrogen-bond acceptors (Lipinski definition) is 4. The van der Waals surface area contributed by atoms with E-state index >= 15 is 0 Å². The molecule has 0 aliphatic carbocycles. The van der Waals surface area contributed by atoms with Crippen molar-refractivity contribution in [3.05, 3.63) is 29.8 Å². The molecule has 0 saturated carbocycles. The number of likely N-dealkylation sites (tertiary alicyclic amines) is 1. The van der Waals surface area contributed by atoms with Crippen LogP contribution in [0.2, 0.25) is 0 Å². The van der Waals surface area contributed by atoms with Crippen LogP contribution >= 0.6 is 0 Å². The van der Waals surface area contributed by atoms with Gasteiger partial charge in [0.25, 0.3) is 0 Å². The summed E-state index contributed by atoms with van der Waals surface area (Å²) in [6, 6.07) is 8.20. The number of nitrogens with two attached hydrogens (primary N) is 1. The largest absolute Gasteiger partial charge is 0.494 e. The second-order valence-corrected chi connectivity index (χ2v) is 5.73. The number of benzene rings is 1. The summed E-state index contributed by atoms with van der Waals surface area (Å²) in [5.74, 6) is 1.13. The number of piperidine rings is 1. The van der Waals surface area contributed by atoms with E-state index in [4.69, 9.17) is 10.5 Å². The Labute approximate surface area is 132 Å². The highest BCUT2D eigenvalue weighted by Crippen LogP contribution is 2.20. The number of rotatable bonds is 7. The molecule has 1 aliphatic heterocycles. The molecule has 3 N–H and O–H groups in total. The fourth-order valence-corrected chi connectivity index (χ4v) is 2.91. The van der Waals surface area contributed by atoms with Crippen molar-refractivity contribution < 1.29 is 9.53 Å². The third-order valence-electron chi connectivity index (χ3n) is 3.94. The molecule has 1 heterocycles. The van der Waals surface area contributed by atoms with Gasteiger partial charge in [0.2, 0.25) is 5.91 Å². The molecule has 0 radical (unpaired) electrons. The van der Waals surface area contributed by atoms with Gasteiger partial charge in [-0.1, -0.05) is 12.1 Å². The molecule has 0 bridgehead atoms. The lowest BCUT2D eigenvalue weighted by Crippen LogP contribution is -2.43. The number of carbonyl (C=O) groups is 1. The normalized spacial score (nSPS) is 18.9. The highest BCUT2D eigenvalue weighted by molar-refractivity contribution is 5.78. The van der Waals surface area contributed by atoms with E-state index in [1.807, 2.05) is 19.1 Å². The lowest BCUT2D eigenvalue weighted by Gasteiger charge is -2.32. The molecule has 22 heavy (non-hydrogen) atoms. The molecule has 2 rings (SSSR count). The monoisotopic (exact) mass is 305 g/mol. The summed E-state index contributed by atoms with van der Waals surface area (Å²) in [6.07, 6.45) is 2.03. The first-order valence-corrected chi connectivity index (χ1v) is 8.14. The molecule has 1 amide bonds. The van der Waals surface area contributed by atoms with Gasteiger partial charge >= 0.3 is 0 Å². The Kier molecular flexibility index (Phi) is 6.68.